The Morgan fingerprint density at radius 3 is 2.70 bits per heavy atom. The molecule has 0 aliphatic carbocycles. The van der Waals surface area contributed by atoms with Crippen LogP contribution in [0.25, 0.3) is 11.1 Å². The van der Waals surface area contributed by atoms with Crippen molar-refractivity contribution >= 4 is 17.0 Å². The summed E-state index contributed by atoms with van der Waals surface area (Å²) in [6, 6.07) is 13.3. The molecule has 0 bridgehead atoms. The molecule has 0 fully saturated rings. The molecule has 0 aliphatic heterocycles. The number of amides is 1. The van der Waals surface area contributed by atoms with Crippen molar-refractivity contribution in [1.82, 2.24) is 10.3 Å². The smallest absolute Gasteiger partial charge is 0.220 e. The Kier molecular flexibility index (Phi) is 4.37. The molecular formula is C18H17FN2O2. The fraction of sp³-hybridized carbons (Fsp3) is 0.222. The van der Waals surface area contributed by atoms with E-state index in [4.69, 9.17) is 4.42 Å². The van der Waals surface area contributed by atoms with Gasteiger partial charge in [-0.2, -0.15) is 0 Å². The fourth-order valence-corrected chi connectivity index (χ4v) is 2.36. The first-order valence-electron chi connectivity index (χ1n) is 7.51. The number of aromatic nitrogens is 1. The van der Waals surface area contributed by atoms with Gasteiger partial charge in [0.1, 0.15) is 17.4 Å². The molecule has 0 spiro atoms. The van der Waals surface area contributed by atoms with Crippen LogP contribution >= 0.6 is 0 Å². The normalized spacial score (nSPS) is 12.3. The Balaban J connectivity index is 1.57. The molecule has 3 aromatic rings. The summed E-state index contributed by atoms with van der Waals surface area (Å²) in [6.07, 6.45) is 0.891. The number of oxazole rings is 1. The van der Waals surface area contributed by atoms with Crippen molar-refractivity contribution in [1.29, 1.82) is 0 Å². The van der Waals surface area contributed by atoms with Crippen molar-refractivity contribution in [2.75, 3.05) is 0 Å². The Morgan fingerprint density at radius 1 is 1.22 bits per heavy atom. The van der Waals surface area contributed by atoms with E-state index < -0.39 is 0 Å². The second-order valence-corrected chi connectivity index (χ2v) is 5.44. The number of fused-ring (bicyclic) bond motifs is 1. The molecule has 0 saturated carbocycles. The SMILES string of the molecule is CC(NC(=O)CCc1ccc(F)cc1)c1nc2ccccc2o1. The first-order chi connectivity index (χ1) is 11.1. The number of aryl methyl sites for hydroxylation is 1. The van der Waals surface area contributed by atoms with Crippen molar-refractivity contribution in [2.24, 2.45) is 0 Å². The van der Waals surface area contributed by atoms with Crippen molar-refractivity contribution in [3.8, 4) is 0 Å². The molecule has 1 heterocycles. The Labute approximate surface area is 133 Å². The van der Waals surface area contributed by atoms with Crippen LogP contribution in [0.1, 0.15) is 30.8 Å². The van der Waals surface area contributed by atoms with Crippen LogP contribution in [0.15, 0.2) is 52.9 Å². The lowest BCUT2D eigenvalue weighted by atomic mass is 10.1. The second-order valence-electron chi connectivity index (χ2n) is 5.44. The van der Waals surface area contributed by atoms with Gasteiger partial charge in [0.2, 0.25) is 11.8 Å². The minimum absolute atomic E-state index is 0.0934. The molecule has 5 heteroatoms. The van der Waals surface area contributed by atoms with Crippen LogP contribution in [0.3, 0.4) is 0 Å². The molecule has 0 saturated heterocycles. The van der Waals surface area contributed by atoms with E-state index >= 15 is 0 Å². The number of benzene rings is 2. The zero-order valence-electron chi connectivity index (χ0n) is 12.8. The molecule has 23 heavy (non-hydrogen) atoms. The summed E-state index contributed by atoms with van der Waals surface area (Å²) in [5.74, 6) is 0.119. The molecule has 0 radical (unpaired) electrons. The third-order valence-corrected chi connectivity index (χ3v) is 3.61. The van der Waals surface area contributed by atoms with Gasteiger partial charge in [-0.1, -0.05) is 24.3 Å². The van der Waals surface area contributed by atoms with Crippen LogP contribution in [-0.4, -0.2) is 10.9 Å². The largest absolute Gasteiger partial charge is 0.438 e. The van der Waals surface area contributed by atoms with Gasteiger partial charge in [0.05, 0.1) is 0 Å². The molecule has 4 nitrogen and oxygen atoms in total. The molecule has 0 aliphatic rings. The molecule has 1 N–H and O–H groups in total. The molecule has 3 rings (SSSR count). The number of carbonyl (C=O) groups is 1. The lowest BCUT2D eigenvalue weighted by Gasteiger charge is -2.10. The number of hydrogen-bond donors (Lipinski definition) is 1. The Hall–Kier alpha value is -2.69. The maximum atomic E-state index is 12.8. The number of nitrogens with one attached hydrogen (secondary N) is 1. The first kappa shape index (κ1) is 15.2. The lowest BCUT2D eigenvalue weighted by molar-refractivity contribution is -0.121. The van der Waals surface area contributed by atoms with E-state index in [2.05, 4.69) is 10.3 Å². The number of halogens is 1. The predicted molar refractivity (Wildman–Crippen MR) is 85.3 cm³/mol. The van der Waals surface area contributed by atoms with E-state index in [1.54, 1.807) is 12.1 Å². The van der Waals surface area contributed by atoms with Crippen molar-refractivity contribution in [3.05, 3.63) is 65.8 Å². The number of rotatable bonds is 5. The van der Waals surface area contributed by atoms with Crippen molar-refractivity contribution < 1.29 is 13.6 Å². The highest BCUT2D eigenvalue weighted by atomic mass is 19.1. The van der Waals surface area contributed by atoms with Crippen LogP contribution in [0.5, 0.6) is 0 Å². The zero-order valence-corrected chi connectivity index (χ0v) is 12.8. The summed E-state index contributed by atoms with van der Waals surface area (Å²) >= 11 is 0. The van der Waals surface area contributed by atoms with Gasteiger partial charge >= 0.3 is 0 Å². The summed E-state index contributed by atoms with van der Waals surface area (Å²) in [5.41, 5.74) is 2.40. The number of para-hydroxylation sites is 2. The lowest BCUT2D eigenvalue weighted by Crippen LogP contribution is -2.27. The summed E-state index contributed by atoms with van der Waals surface area (Å²) < 4.78 is 18.5. The maximum Gasteiger partial charge on any atom is 0.220 e. The Bertz CT molecular complexity index is 778. The van der Waals surface area contributed by atoms with E-state index in [0.717, 1.165) is 11.1 Å². The van der Waals surface area contributed by atoms with Crippen LogP contribution in [0, 0.1) is 5.82 Å². The quantitative estimate of drug-likeness (QED) is 0.780. The van der Waals surface area contributed by atoms with Crippen molar-refractivity contribution in [2.45, 2.75) is 25.8 Å². The fourth-order valence-electron chi connectivity index (χ4n) is 2.36. The Morgan fingerprint density at radius 2 is 1.96 bits per heavy atom. The average Bonchev–Trinajstić information content (AvgIpc) is 2.98. The van der Waals surface area contributed by atoms with Gasteiger partial charge in [-0.15, -0.1) is 0 Å². The minimum atomic E-state index is -0.303. The molecule has 1 amide bonds. The van der Waals surface area contributed by atoms with E-state index in [9.17, 15) is 9.18 Å². The van der Waals surface area contributed by atoms with Gasteiger partial charge in [0, 0.05) is 6.42 Å². The topological polar surface area (TPSA) is 55.1 Å². The number of carbonyl (C=O) groups excluding carboxylic acids is 1. The molecule has 1 atom stereocenters. The zero-order chi connectivity index (χ0) is 16.2. The molecule has 2 aromatic carbocycles. The number of nitrogens with zero attached hydrogens (tertiary/aromatic N) is 1. The highest BCUT2D eigenvalue weighted by molar-refractivity contribution is 5.77. The maximum absolute atomic E-state index is 12.8. The van der Waals surface area contributed by atoms with E-state index in [1.807, 2.05) is 31.2 Å². The van der Waals surface area contributed by atoms with Gasteiger partial charge in [-0.25, -0.2) is 9.37 Å². The monoisotopic (exact) mass is 312 g/mol. The van der Waals surface area contributed by atoms with Gasteiger partial charge in [0.15, 0.2) is 5.58 Å². The summed E-state index contributed by atoms with van der Waals surface area (Å²) in [5, 5.41) is 2.87. The summed E-state index contributed by atoms with van der Waals surface area (Å²) in [7, 11) is 0. The second kappa shape index (κ2) is 6.60. The number of hydrogen-bond acceptors (Lipinski definition) is 3. The van der Waals surface area contributed by atoms with Gasteiger partial charge in [-0.05, 0) is 43.2 Å². The molecule has 118 valence electrons. The highest BCUT2D eigenvalue weighted by Crippen LogP contribution is 2.19. The van der Waals surface area contributed by atoms with Crippen LogP contribution in [0.4, 0.5) is 4.39 Å². The minimum Gasteiger partial charge on any atom is -0.438 e. The predicted octanol–water partition coefficient (Wildman–Crippen LogP) is 3.78. The summed E-state index contributed by atoms with van der Waals surface area (Å²) in [4.78, 5) is 16.4. The highest BCUT2D eigenvalue weighted by Gasteiger charge is 2.15. The van der Waals surface area contributed by atoms with Gasteiger partial charge in [-0.3, -0.25) is 4.79 Å². The van der Waals surface area contributed by atoms with E-state index in [-0.39, 0.29) is 17.8 Å². The molecule has 1 unspecified atom stereocenters. The van der Waals surface area contributed by atoms with E-state index in [1.165, 1.54) is 12.1 Å². The molecular weight excluding hydrogens is 295 g/mol. The third-order valence-electron chi connectivity index (χ3n) is 3.61. The third kappa shape index (κ3) is 3.74. The van der Waals surface area contributed by atoms with Gasteiger partial charge < -0.3 is 9.73 Å². The summed E-state index contributed by atoms with van der Waals surface area (Å²) in [6.45, 7) is 1.83. The first-order valence-corrected chi connectivity index (χ1v) is 7.51. The van der Waals surface area contributed by atoms with Crippen LogP contribution in [0.2, 0.25) is 0 Å². The standard InChI is InChI=1S/C18H17FN2O2/c1-12(18-21-15-4-2-3-5-16(15)23-18)20-17(22)11-8-13-6-9-14(19)10-7-13/h2-7,9-10,12H,8,11H2,1H3,(H,20,22). The van der Waals surface area contributed by atoms with Gasteiger partial charge in [0.25, 0.3) is 0 Å². The van der Waals surface area contributed by atoms with Crippen LogP contribution in [-0.2, 0) is 11.2 Å². The van der Waals surface area contributed by atoms with E-state index in [0.29, 0.717) is 24.3 Å². The average molecular weight is 312 g/mol. The van der Waals surface area contributed by atoms with Crippen molar-refractivity contribution in [3.63, 3.8) is 0 Å². The molecule has 1 aromatic heterocycles. The van der Waals surface area contributed by atoms with Crippen LogP contribution < -0.4 is 5.32 Å².